The normalized spacial score (nSPS) is 21.9. The van der Waals surface area contributed by atoms with Gasteiger partial charge in [0.25, 0.3) is 0 Å². The van der Waals surface area contributed by atoms with Gasteiger partial charge in [0, 0.05) is 62.2 Å². The Balaban J connectivity index is 1.79. The average Bonchev–Trinajstić information content (AvgIpc) is 2.73. The van der Waals surface area contributed by atoms with E-state index in [0.717, 1.165) is 65.8 Å². The van der Waals surface area contributed by atoms with Crippen molar-refractivity contribution < 1.29 is 9.53 Å². The number of carbonyl (C=O) groups is 1. The van der Waals surface area contributed by atoms with Crippen LogP contribution >= 0.6 is 0 Å². The van der Waals surface area contributed by atoms with Crippen LogP contribution in [0.2, 0.25) is 0 Å². The summed E-state index contributed by atoms with van der Waals surface area (Å²) in [5, 5.41) is 2.28. The van der Waals surface area contributed by atoms with Crippen LogP contribution in [-0.4, -0.2) is 48.9 Å². The van der Waals surface area contributed by atoms with E-state index in [-0.39, 0.29) is 11.9 Å². The SMILES string of the molecule is CC(=O)N1CCC(=NC2CCOCC2)C(=C(N)c2cccc3ccccc23)C1. The number of aliphatic imine (C=N–C) groups is 1. The number of nitrogens with zero attached hydrogens (tertiary/aromatic N) is 2. The average molecular weight is 377 g/mol. The zero-order chi connectivity index (χ0) is 19.5. The minimum absolute atomic E-state index is 0.0772. The molecule has 2 N–H and O–H groups in total. The molecule has 5 nitrogen and oxygen atoms in total. The zero-order valence-corrected chi connectivity index (χ0v) is 16.4. The van der Waals surface area contributed by atoms with Crippen LogP contribution < -0.4 is 5.73 Å². The number of benzene rings is 2. The topological polar surface area (TPSA) is 67.9 Å². The van der Waals surface area contributed by atoms with Gasteiger partial charge in [-0.2, -0.15) is 0 Å². The molecule has 146 valence electrons. The van der Waals surface area contributed by atoms with Crippen molar-refractivity contribution in [2.24, 2.45) is 10.7 Å². The van der Waals surface area contributed by atoms with Gasteiger partial charge in [-0.3, -0.25) is 9.79 Å². The number of likely N-dealkylation sites (tertiary alicyclic amines) is 1. The molecule has 0 atom stereocenters. The molecule has 0 radical (unpaired) electrons. The van der Waals surface area contributed by atoms with E-state index in [2.05, 4.69) is 24.3 Å². The van der Waals surface area contributed by atoms with Crippen molar-refractivity contribution in [1.82, 2.24) is 4.90 Å². The second kappa shape index (κ2) is 8.15. The lowest BCUT2D eigenvalue weighted by Crippen LogP contribution is -2.40. The molecule has 2 heterocycles. The van der Waals surface area contributed by atoms with Crippen LogP contribution in [-0.2, 0) is 9.53 Å². The van der Waals surface area contributed by atoms with Crippen molar-refractivity contribution in [3.05, 3.63) is 53.6 Å². The summed E-state index contributed by atoms with van der Waals surface area (Å²) in [6, 6.07) is 14.7. The number of nitrogens with two attached hydrogens (primary N) is 1. The third-order valence-corrected chi connectivity index (χ3v) is 5.70. The van der Waals surface area contributed by atoms with Crippen molar-refractivity contribution in [3.63, 3.8) is 0 Å². The van der Waals surface area contributed by atoms with E-state index >= 15 is 0 Å². The molecule has 0 saturated carbocycles. The fourth-order valence-corrected chi connectivity index (χ4v) is 4.06. The molecule has 2 fully saturated rings. The van der Waals surface area contributed by atoms with E-state index in [1.165, 1.54) is 0 Å². The molecule has 0 aliphatic carbocycles. The minimum Gasteiger partial charge on any atom is -0.398 e. The van der Waals surface area contributed by atoms with Crippen molar-refractivity contribution >= 4 is 28.1 Å². The van der Waals surface area contributed by atoms with E-state index in [4.69, 9.17) is 15.5 Å². The highest BCUT2D eigenvalue weighted by Crippen LogP contribution is 2.28. The summed E-state index contributed by atoms with van der Waals surface area (Å²) in [5.41, 5.74) is 10.5. The molecule has 5 heteroatoms. The van der Waals surface area contributed by atoms with Crippen molar-refractivity contribution in [3.8, 4) is 0 Å². The van der Waals surface area contributed by atoms with E-state index in [1.807, 2.05) is 23.1 Å². The second-order valence-electron chi connectivity index (χ2n) is 7.53. The Morgan fingerprint density at radius 3 is 2.68 bits per heavy atom. The first-order chi connectivity index (χ1) is 13.6. The number of amides is 1. The molecule has 0 unspecified atom stereocenters. The standard InChI is InChI=1S/C23H27N3O2/c1-16(27)26-12-9-22(25-18-10-13-28-14-11-18)21(15-26)23(24)20-8-4-6-17-5-2-3-7-19(17)20/h2-8,18H,9-15,24H2,1H3. The molecule has 4 rings (SSSR count). The molecular formula is C23H27N3O2. The van der Waals surface area contributed by atoms with Gasteiger partial charge in [0.15, 0.2) is 0 Å². The van der Waals surface area contributed by atoms with Crippen LogP contribution in [0.1, 0.15) is 31.7 Å². The Labute approximate surface area is 165 Å². The van der Waals surface area contributed by atoms with Gasteiger partial charge in [-0.05, 0) is 23.6 Å². The Bertz CT molecular complexity index is 937. The van der Waals surface area contributed by atoms with Crippen LogP contribution in [0, 0.1) is 0 Å². The maximum atomic E-state index is 12.0. The molecule has 2 saturated heterocycles. The number of fused-ring (bicyclic) bond motifs is 1. The predicted octanol–water partition coefficient (Wildman–Crippen LogP) is 3.38. The summed E-state index contributed by atoms with van der Waals surface area (Å²) < 4.78 is 5.47. The van der Waals surface area contributed by atoms with Gasteiger partial charge < -0.3 is 15.4 Å². The minimum atomic E-state index is 0.0772. The summed E-state index contributed by atoms with van der Waals surface area (Å²) in [5.74, 6) is 0.0772. The van der Waals surface area contributed by atoms with Gasteiger partial charge in [-0.1, -0.05) is 42.5 Å². The second-order valence-corrected chi connectivity index (χ2v) is 7.53. The van der Waals surface area contributed by atoms with Crippen LogP contribution in [0.15, 0.2) is 53.0 Å². The smallest absolute Gasteiger partial charge is 0.219 e. The Hall–Kier alpha value is -2.66. The largest absolute Gasteiger partial charge is 0.398 e. The van der Waals surface area contributed by atoms with Crippen LogP contribution in [0.25, 0.3) is 16.5 Å². The fourth-order valence-electron chi connectivity index (χ4n) is 4.06. The van der Waals surface area contributed by atoms with Crippen LogP contribution in [0.4, 0.5) is 0 Å². The van der Waals surface area contributed by atoms with Gasteiger partial charge in [-0.15, -0.1) is 0 Å². The van der Waals surface area contributed by atoms with E-state index in [0.29, 0.717) is 13.1 Å². The number of hydrogen-bond acceptors (Lipinski definition) is 4. The van der Waals surface area contributed by atoms with E-state index in [9.17, 15) is 4.79 Å². The first kappa shape index (κ1) is 18.7. The van der Waals surface area contributed by atoms with Gasteiger partial charge in [0.05, 0.1) is 6.04 Å². The lowest BCUT2D eigenvalue weighted by molar-refractivity contribution is -0.128. The Morgan fingerprint density at radius 1 is 1.14 bits per heavy atom. The number of piperidine rings is 1. The molecule has 2 aromatic carbocycles. The van der Waals surface area contributed by atoms with Gasteiger partial charge in [0.2, 0.25) is 5.91 Å². The van der Waals surface area contributed by atoms with Gasteiger partial charge >= 0.3 is 0 Å². The summed E-state index contributed by atoms with van der Waals surface area (Å²) in [6.07, 6.45) is 2.64. The molecule has 1 amide bonds. The monoisotopic (exact) mass is 377 g/mol. The molecule has 28 heavy (non-hydrogen) atoms. The quantitative estimate of drug-likeness (QED) is 0.872. The Kier molecular flexibility index (Phi) is 5.44. The number of hydrogen-bond donors (Lipinski definition) is 1. The first-order valence-electron chi connectivity index (χ1n) is 10.0. The summed E-state index contributed by atoms with van der Waals surface area (Å²) in [4.78, 5) is 18.9. The lowest BCUT2D eigenvalue weighted by Gasteiger charge is -2.31. The number of ether oxygens (including phenoxy) is 1. The highest BCUT2D eigenvalue weighted by molar-refractivity contribution is 6.09. The van der Waals surface area contributed by atoms with Crippen LogP contribution in [0.5, 0.6) is 0 Å². The first-order valence-corrected chi connectivity index (χ1v) is 10.0. The third kappa shape index (κ3) is 3.80. The zero-order valence-electron chi connectivity index (χ0n) is 16.4. The molecule has 0 spiro atoms. The van der Waals surface area contributed by atoms with Gasteiger partial charge in [0.1, 0.15) is 0 Å². The predicted molar refractivity (Wildman–Crippen MR) is 113 cm³/mol. The summed E-state index contributed by atoms with van der Waals surface area (Å²) in [6.45, 7) is 4.36. The maximum Gasteiger partial charge on any atom is 0.219 e. The molecular weight excluding hydrogens is 350 g/mol. The molecule has 2 aliphatic rings. The molecule has 0 aromatic heterocycles. The molecule has 2 aromatic rings. The highest BCUT2D eigenvalue weighted by Gasteiger charge is 2.26. The van der Waals surface area contributed by atoms with Crippen molar-refractivity contribution in [2.75, 3.05) is 26.3 Å². The van der Waals surface area contributed by atoms with E-state index < -0.39 is 0 Å². The third-order valence-electron chi connectivity index (χ3n) is 5.70. The Morgan fingerprint density at radius 2 is 1.89 bits per heavy atom. The highest BCUT2D eigenvalue weighted by atomic mass is 16.5. The summed E-state index contributed by atoms with van der Waals surface area (Å²) in [7, 11) is 0. The summed E-state index contributed by atoms with van der Waals surface area (Å²) >= 11 is 0. The lowest BCUT2D eigenvalue weighted by atomic mass is 9.93. The van der Waals surface area contributed by atoms with Gasteiger partial charge in [-0.25, -0.2) is 0 Å². The fraction of sp³-hybridized carbons (Fsp3) is 0.391. The molecule has 0 bridgehead atoms. The number of rotatable bonds is 2. The van der Waals surface area contributed by atoms with E-state index in [1.54, 1.807) is 6.92 Å². The number of carbonyl (C=O) groups excluding carboxylic acids is 1. The van der Waals surface area contributed by atoms with Crippen molar-refractivity contribution in [1.29, 1.82) is 0 Å². The van der Waals surface area contributed by atoms with Crippen molar-refractivity contribution in [2.45, 2.75) is 32.2 Å². The maximum absolute atomic E-state index is 12.0. The van der Waals surface area contributed by atoms with Crippen LogP contribution in [0.3, 0.4) is 0 Å². The molecule has 2 aliphatic heterocycles.